The van der Waals surface area contributed by atoms with Crippen LogP contribution in [0.3, 0.4) is 0 Å². The maximum absolute atomic E-state index is 13.4. The zero-order chi connectivity index (χ0) is 13.9. The maximum atomic E-state index is 13.4. The summed E-state index contributed by atoms with van der Waals surface area (Å²) in [5.74, 6) is -0.489. The Hall–Kier alpha value is -2.44. The van der Waals surface area contributed by atoms with Crippen molar-refractivity contribution in [2.45, 2.75) is 19.4 Å². The summed E-state index contributed by atoms with van der Waals surface area (Å²) in [7, 11) is 0. The van der Waals surface area contributed by atoms with Gasteiger partial charge in [0.1, 0.15) is 11.5 Å². The van der Waals surface area contributed by atoms with Gasteiger partial charge in [-0.25, -0.2) is 9.18 Å². The van der Waals surface area contributed by atoms with Gasteiger partial charge < -0.3 is 10.6 Å². The number of rotatable bonds is 3. The second-order valence-electron chi connectivity index (χ2n) is 4.54. The van der Waals surface area contributed by atoms with Gasteiger partial charge in [-0.1, -0.05) is 12.1 Å². The molecule has 0 atom stereocenters. The molecule has 0 unspecified atom stereocenters. The fraction of sp³-hybridized carbons (Fsp3) is 0.250. The van der Waals surface area contributed by atoms with Crippen LogP contribution < -0.4 is 10.6 Å². The average molecular weight is 263 g/mol. The normalized spacial score (nSPS) is 11.1. The highest BCUT2D eigenvalue weighted by Crippen LogP contribution is 2.17. The van der Waals surface area contributed by atoms with Crippen molar-refractivity contribution in [3.05, 3.63) is 42.0 Å². The van der Waals surface area contributed by atoms with Crippen molar-refractivity contribution in [3.63, 3.8) is 0 Å². The molecule has 2 rings (SSSR count). The van der Waals surface area contributed by atoms with Crippen LogP contribution in [0, 0.1) is 5.82 Å². The molecule has 2 aromatic rings. The number of anilines is 1. The van der Waals surface area contributed by atoms with Gasteiger partial charge in [0.25, 0.3) is 0 Å². The van der Waals surface area contributed by atoms with E-state index in [4.69, 9.17) is 0 Å². The molecule has 0 fully saturated rings. The first kappa shape index (κ1) is 13.0. The second kappa shape index (κ2) is 5.05. The average Bonchev–Trinajstić information content (AvgIpc) is 2.85. The predicted octanol–water partition coefficient (Wildman–Crippen LogP) is 2.00. The van der Waals surface area contributed by atoms with Crippen LogP contribution in [-0.4, -0.2) is 21.4 Å². The Kier molecular flexibility index (Phi) is 3.46. The smallest absolute Gasteiger partial charge is 0.320 e. The van der Waals surface area contributed by atoms with E-state index < -0.39 is 17.4 Å². The molecule has 3 N–H and O–H groups in total. The third-order valence-corrected chi connectivity index (χ3v) is 2.60. The van der Waals surface area contributed by atoms with Crippen LogP contribution in [0.1, 0.15) is 19.5 Å². The fourth-order valence-electron chi connectivity index (χ4n) is 1.57. The molecular weight excluding hydrogens is 249 g/mol. The number of aromatic amines is 1. The summed E-state index contributed by atoms with van der Waals surface area (Å²) >= 11 is 0. The van der Waals surface area contributed by atoms with Gasteiger partial charge in [0.15, 0.2) is 0 Å². The van der Waals surface area contributed by atoms with Crippen molar-refractivity contribution in [2.75, 3.05) is 5.32 Å². The predicted molar refractivity (Wildman–Crippen MR) is 68.0 cm³/mol. The van der Waals surface area contributed by atoms with Gasteiger partial charge in [-0.15, -0.1) is 0 Å². The van der Waals surface area contributed by atoms with E-state index in [9.17, 15) is 9.18 Å². The molecule has 1 heterocycles. The van der Waals surface area contributed by atoms with Gasteiger partial charge in [0.2, 0.25) is 0 Å². The summed E-state index contributed by atoms with van der Waals surface area (Å²) in [5, 5.41) is 15.2. The molecule has 0 aliphatic carbocycles. The van der Waals surface area contributed by atoms with E-state index >= 15 is 0 Å². The van der Waals surface area contributed by atoms with Crippen LogP contribution in [0.4, 0.5) is 14.9 Å². The lowest BCUT2D eigenvalue weighted by molar-refractivity contribution is 0.241. The summed E-state index contributed by atoms with van der Waals surface area (Å²) in [6.45, 7) is 3.54. The van der Waals surface area contributed by atoms with Crippen molar-refractivity contribution in [1.82, 2.24) is 20.7 Å². The van der Waals surface area contributed by atoms with E-state index in [0.717, 1.165) is 0 Å². The van der Waals surface area contributed by atoms with E-state index in [2.05, 4.69) is 26.0 Å². The van der Waals surface area contributed by atoms with Gasteiger partial charge in [-0.2, -0.15) is 15.4 Å². The van der Waals surface area contributed by atoms with E-state index in [1.165, 1.54) is 18.3 Å². The Balaban J connectivity index is 2.04. The molecule has 0 bridgehead atoms. The number of amides is 2. The third kappa shape index (κ3) is 3.06. The minimum atomic E-state index is -0.720. The molecule has 2 amide bonds. The number of carbonyl (C=O) groups excluding carboxylic acids is 1. The molecular formula is C12H14FN5O. The van der Waals surface area contributed by atoms with Crippen molar-refractivity contribution in [2.24, 2.45) is 0 Å². The lowest BCUT2D eigenvalue weighted by atomic mass is 10.0. The number of aromatic nitrogens is 3. The van der Waals surface area contributed by atoms with E-state index in [1.54, 1.807) is 26.0 Å². The van der Waals surface area contributed by atoms with E-state index in [1.807, 2.05) is 0 Å². The molecule has 19 heavy (non-hydrogen) atoms. The quantitative estimate of drug-likeness (QED) is 0.792. The molecule has 0 aliphatic heterocycles. The SMILES string of the molecule is CC(C)(NC(=O)Nc1ccccc1F)c1cn[nH]n1. The summed E-state index contributed by atoms with van der Waals surface area (Å²) in [4.78, 5) is 11.8. The Morgan fingerprint density at radius 1 is 1.37 bits per heavy atom. The zero-order valence-electron chi connectivity index (χ0n) is 10.6. The molecule has 0 spiro atoms. The molecule has 100 valence electrons. The monoisotopic (exact) mass is 263 g/mol. The summed E-state index contributed by atoms with van der Waals surface area (Å²) in [5.41, 5.74) is -0.0188. The molecule has 6 nitrogen and oxygen atoms in total. The summed E-state index contributed by atoms with van der Waals surface area (Å²) < 4.78 is 13.4. The van der Waals surface area contributed by atoms with E-state index in [0.29, 0.717) is 5.69 Å². The standard InChI is InChI=1S/C12H14FN5O/c1-12(2,10-7-14-18-17-10)16-11(19)15-9-6-4-3-5-8(9)13/h3-7H,1-2H3,(H,14,17,18)(H2,15,16,19). The number of nitrogens with one attached hydrogen (secondary N) is 3. The van der Waals surface area contributed by atoms with Gasteiger partial charge in [0.05, 0.1) is 17.4 Å². The van der Waals surface area contributed by atoms with Gasteiger partial charge in [-0.05, 0) is 26.0 Å². The Morgan fingerprint density at radius 2 is 2.11 bits per heavy atom. The second-order valence-corrected chi connectivity index (χ2v) is 4.54. The van der Waals surface area contributed by atoms with Crippen molar-refractivity contribution in [1.29, 1.82) is 0 Å². The van der Waals surface area contributed by atoms with Crippen molar-refractivity contribution in [3.8, 4) is 0 Å². The topological polar surface area (TPSA) is 82.7 Å². The molecule has 0 saturated carbocycles. The number of urea groups is 1. The van der Waals surface area contributed by atoms with Crippen LogP contribution in [0.15, 0.2) is 30.5 Å². The highest BCUT2D eigenvalue weighted by Gasteiger charge is 2.25. The molecule has 1 aromatic carbocycles. The Morgan fingerprint density at radius 3 is 2.74 bits per heavy atom. The van der Waals surface area contributed by atoms with Crippen molar-refractivity contribution < 1.29 is 9.18 Å². The number of carbonyl (C=O) groups is 1. The number of hydrogen-bond donors (Lipinski definition) is 3. The Labute approximate surface area is 109 Å². The minimum absolute atomic E-state index is 0.121. The number of hydrogen-bond acceptors (Lipinski definition) is 3. The molecule has 7 heteroatoms. The molecule has 0 aliphatic rings. The number of benzene rings is 1. The number of H-pyrrole nitrogens is 1. The highest BCUT2D eigenvalue weighted by molar-refractivity contribution is 5.89. The molecule has 0 radical (unpaired) electrons. The highest BCUT2D eigenvalue weighted by atomic mass is 19.1. The zero-order valence-corrected chi connectivity index (χ0v) is 10.6. The van der Waals surface area contributed by atoms with Crippen LogP contribution in [0.5, 0.6) is 0 Å². The number of halogens is 1. The van der Waals surface area contributed by atoms with Crippen LogP contribution >= 0.6 is 0 Å². The van der Waals surface area contributed by atoms with E-state index in [-0.39, 0.29) is 5.69 Å². The molecule has 0 saturated heterocycles. The lowest BCUT2D eigenvalue weighted by Crippen LogP contribution is -2.43. The number of para-hydroxylation sites is 1. The number of nitrogens with zero attached hydrogens (tertiary/aromatic N) is 2. The summed E-state index contributed by atoms with van der Waals surface area (Å²) in [6.07, 6.45) is 1.52. The summed E-state index contributed by atoms with van der Waals surface area (Å²) in [6, 6.07) is 5.44. The first-order valence-electron chi connectivity index (χ1n) is 5.69. The van der Waals surface area contributed by atoms with Gasteiger partial charge in [-0.3, -0.25) is 0 Å². The lowest BCUT2D eigenvalue weighted by Gasteiger charge is -2.23. The first-order chi connectivity index (χ1) is 8.99. The largest absolute Gasteiger partial charge is 0.327 e. The third-order valence-electron chi connectivity index (χ3n) is 2.60. The van der Waals surface area contributed by atoms with Crippen LogP contribution in [0.25, 0.3) is 0 Å². The van der Waals surface area contributed by atoms with Crippen molar-refractivity contribution >= 4 is 11.7 Å². The fourth-order valence-corrected chi connectivity index (χ4v) is 1.57. The Bertz CT molecular complexity index is 567. The minimum Gasteiger partial charge on any atom is -0.327 e. The van der Waals surface area contributed by atoms with Gasteiger partial charge >= 0.3 is 6.03 Å². The maximum Gasteiger partial charge on any atom is 0.320 e. The first-order valence-corrected chi connectivity index (χ1v) is 5.69. The van der Waals surface area contributed by atoms with Crippen LogP contribution in [0.2, 0.25) is 0 Å². The van der Waals surface area contributed by atoms with Gasteiger partial charge in [0, 0.05) is 0 Å². The van der Waals surface area contributed by atoms with Crippen LogP contribution in [-0.2, 0) is 5.54 Å². The molecule has 1 aromatic heterocycles.